The standard InChI is InChI=1S/C14H23N3O/c1-13(2,3)12-9(8-17(6)16-12)10-7-11(18)15-14(10,4)5/h8,10H,7H2,1-6H3,(H,15,18). The maximum atomic E-state index is 11.7. The third-order valence-electron chi connectivity index (χ3n) is 3.67. The minimum absolute atomic E-state index is 0.00168. The number of hydrogen-bond acceptors (Lipinski definition) is 2. The second-order valence-corrected chi connectivity index (χ2v) is 6.88. The van der Waals surface area contributed by atoms with Crippen LogP contribution in [0, 0.1) is 0 Å². The van der Waals surface area contributed by atoms with Crippen LogP contribution in [0.5, 0.6) is 0 Å². The fraction of sp³-hybridized carbons (Fsp3) is 0.714. The predicted molar refractivity (Wildman–Crippen MR) is 71.5 cm³/mol. The molecule has 0 spiro atoms. The molecule has 0 radical (unpaired) electrons. The zero-order valence-corrected chi connectivity index (χ0v) is 12.2. The van der Waals surface area contributed by atoms with Crippen LogP contribution in [0.4, 0.5) is 0 Å². The Kier molecular flexibility index (Phi) is 2.80. The second-order valence-electron chi connectivity index (χ2n) is 6.88. The quantitative estimate of drug-likeness (QED) is 0.828. The molecular weight excluding hydrogens is 226 g/mol. The van der Waals surface area contributed by atoms with E-state index in [9.17, 15) is 4.79 Å². The molecule has 4 nitrogen and oxygen atoms in total. The number of aromatic nitrogens is 2. The van der Waals surface area contributed by atoms with Gasteiger partial charge in [-0.25, -0.2) is 0 Å². The highest BCUT2D eigenvalue weighted by Crippen LogP contribution is 2.40. The molecular formula is C14H23N3O. The third kappa shape index (κ3) is 2.16. The fourth-order valence-corrected chi connectivity index (χ4v) is 2.78. The first-order chi connectivity index (χ1) is 8.11. The smallest absolute Gasteiger partial charge is 0.221 e. The molecule has 1 aliphatic rings. The highest BCUT2D eigenvalue weighted by molar-refractivity contribution is 5.81. The van der Waals surface area contributed by atoms with Crippen LogP contribution in [-0.4, -0.2) is 21.2 Å². The van der Waals surface area contributed by atoms with E-state index in [1.54, 1.807) is 0 Å². The monoisotopic (exact) mass is 249 g/mol. The molecule has 1 atom stereocenters. The van der Waals surface area contributed by atoms with Crippen molar-refractivity contribution in [2.24, 2.45) is 7.05 Å². The van der Waals surface area contributed by atoms with Crippen molar-refractivity contribution in [1.82, 2.24) is 15.1 Å². The molecule has 100 valence electrons. The van der Waals surface area contributed by atoms with E-state index >= 15 is 0 Å². The normalized spacial score (nSPS) is 23.2. The summed E-state index contributed by atoms with van der Waals surface area (Å²) in [7, 11) is 1.94. The van der Waals surface area contributed by atoms with Gasteiger partial charge in [0.25, 0.3) is 0 Å². The SMILES string of the molecule is Cn1cc(C2CC(=O)NC2(C)C)c(C(C)(C)C)n1. The van der Waals surface area contributed by atoms with Crippen LogP contribution < -0.4 is 5.32 Å². The lowest BCUT2D eigenvalue weighted by Gasteiger charge is -2.28. The van der Waals surface area contributed by atoms with Crippen molar-refractivity contribution >= 4 is 5.91 Å². The van der Waals surface area contributed by atoms with Gasteiger partial charge in [0.1, 0.15) is 0 Å². The fourth-order valence-electron chi connectivity index (χ4n) is 2.78. The number of hydrogen-bond donors (Lipinski definition) is 1. The van der Waals surface area contributed by atoms with Gasteiger partial charge in [0.05, 0.1) is 5.69 Å². The number of carbonyl (C=O) groups excluding carboxylic acids is 1. The predicted octanol–water partition coefficient (Wildman–Crippen LogP) is 2.10. The maximum Gasteiger partial charge on any atom is 0.221 e. The molecule has 1 aliphatic heterocycles. The van der Waals surface area contributed by atoms with Crippen LogP contribution in [0.2, 0.25) is 0 Å². The van der Waals surface area contributed by atoms with E-state index in [0.717, 1.165) is 5.69 Å². The third-order valence-corrected chi connectivity index (χ3v) is 3.67. The first-order valence-corrected chi connectivity index (χ1v) is 6.46. The van der Waals surface area contributed by atoms with Crippen LogP contribution in [0.25, 0.3) is 0 Å². The van der Waals surface area contributed by atoms with E-state index in [2.05, 4.69) is 51.2 Å². The van der Waals surface area contributed by atoms with E-state index in [-0.39, 0.29) is 22.8 Å². The summed E-state index contributed by atoms with van der Waals surface area (Å²) in [6.45, 7) is 10.7. The van der Waals surface area contributed by atoms with E-state index in [0.29, 0.717) is 6.42 Å². The summed E-state index contributed by atoms with van der Waals surface area (Å²) >= 11 is 0. The van der Waals surface area contributed by atoms with E-state index in [4.69, 9.17) is 0 Å². The summed E-state index contributed by atoms with van der Waals surface area (Å²) in [6.07, 6.45) is 2.62. The molecule has 0 aliphatic carbocycles. The van der Waals surface area contributed by atoms with Gasteiger partial charge in [0, 0.05) is 36.5 Å². The van der Waals surface area contributed by atoms with Gasteiger partial charge in [0.15, 0.2) is 0 Å². The maximum absolute atomic E-state index is 11.7. The van der Waals surface area contributed by atoms with E-state index in [1.807, 2.05) is 11.7 Å². The minimum atomic E-state index is -0.194. The zero-order chi connectivity index (χ0) is 13.7. The molecule has 2 heterocycles. The summed E-state index contributed by atoms with van der Waals surface area (Å²) in [5, 5.41) is 7.65. The van der Waals surface area contributed by atoms with Crippen LogP contribution in [-0.2, 0) is 17.3 Å². The highest BCUT2D eigenvalue weighted by Gasteiger charge is 2.42. The van der Waals surface area contributed by atoms with Crippen molar-refractivity contribution in [2.75, 3.05) is 0 Å². The molecule has 0 aromatic carbocycles. The van der Waals surface area contributed by atoms with E-state index in [1.165, 1.54) is 5.56 Å². The first kappa shape index (κ1) is 13.1. The molecule has 1 amide bonds. The molecule has 1 aromatic rings. The van der Waals surface area contributed by atoms with Gasteiger partial charge in [-0.05, 0) is 19.4 Å². The van der Waals surface area contributed by atoms with Gasteiger partial charge >= 0.3 is 0 Å². The van der Waals surface area contributed by atoms with Crippen LogP contribution in [0.15, 0.2) is 6.20 Å². The van der Waals surface area contributed by atoms with Crippen molar-refractivity contribution in [2.45, 2.75) is 57.9 Å². The average Bonchev–Trinajstić information content (AvgIpc) is 2.65. The molecule has 0 bridgehead atoms. The summed E-state index contributed by atoms with van der Waals surface area (Å²) in [5.74, 6) is 0.335. The van der Waals surface area contributed by atoms with Gasteiger partial charge in [-0.3, -0.25) is 9.48 Å². The van der Waals surface area contributed by atoms with Gasteiger partial charge in [0.2, 0.25) is 5.91 Å². The molecule has 0 saturated carbocycles. The first-order valence-electron chi connectivity index (χ1n) is 6.46. The van der Waals surface area contributed by atoms with Crippen molar-refractivity contribution in [1.29, 1.82) is 0 Å². The van der Waals surface area contributed by atoms with E-state index < -0.39 is 0 Å². The minimum Gasteiger partial charge on any atom is -0.351 e. The average molecular weight is 249 g/mol. The summed E-state index contributed by atoms with van der Waals surface area (Å²) in [4.78, 5) is 11.7. The molecule has 1 saturated heterocycles. The highest BCUT2D eigenvalue weighted by atomic mass is 16.2. The summed E-state index contributed by atoms with van der Waals surface area (Å²) < 4.78 is 1.86. The molecule has 1 unspecified atom stereocenters. The molecule has 4 heteroatoms. The summed E-state index contributed by atoms with van der Waals surface area (Å²) in [5.41, 5.74) is 2.10. The lowest BCUT2D eigenvalue weighted by Crippen LogP contribution is -2.39. The Labute approximate surface area is 109 Å². The van der Waals surface area contributed by atoms with Crippen molar-refractivity contribution < 1.29 is 4.79 Å². The number of rotatable bonds is 1. The van der Waals surface area contributed by atoms with Gasteiger partial charge in [-0.1, -0.05) is 20.8 Å². The molecule has 1 N–H and O–H groups in total. The van der Waals surface area contributed by atoms with Crippen molar-refractivity contribution in [3.8, 4) is 0 Å². The van der Waals surface area contributed by atoms with Crippen LogP contribution in [0.1, 0.15) is 58.2 Å². The Hall–Kier alpha value is -1.32. The molecule has 1 fully saturated rings. The molecule has 18 heavy (non-hydrogen) atoms. The topological polar surface area (TPSA) is 46.9 Å². The number of amides is 1. The second kappa shape index (κ2) is 3.84. The number of nitrogens with zero attached hydrogens (tertiary/aromatic N) is 2. The Morgan fingerprint density at radius 3 is 2.50 bits per heavy atom. The number of nitrogens with one attached hydrogen (secondary N) is 1. The van der Waals surface area contributed by atoms with Gasteiger partial charge < -0.3 is 5.32 Å². The van der Waals surface area contributed by atoms with Gasteiger partial charge in [-0.15, -0.1) is 0 Å². The lowest BCUT2D eigenvalue weighted by atomic mass is 9.78. The summed E-state index contributed by atoms with van der Waals surface area (Å²) in [6, 6.07) is 0. The van der Waals surface area contributed by atoms with Crippen LogP contribution >= 0.6 is 0 Å². The number of carbonyl (C=O) groups is 1. The molecule has 2 rings (SSSR count). The van der Waals surface area contributed by atoms with Crippen molar-refractivity contribution in [3.63, 3.8) is 0 Å². The Morgan fingerprint density at radius 2 is 2.06 bits per heavy atom. The largest absolute Gasteiger partial charge is 0.351 e. The van der Waals surface area contributed by atoms with Gasteiger partial charge in [-0.2, -0.15) is 5.10 Å². The Morgan fingerprint density at radius 1 is 1.44 bits per heavy atom. The number of aryl methyl sites for hydroxylation is 1. The van der Waals surface area contributed by atoms with Crippen LogP contribution in [0.3, 0.4) is 0 Å². The Bertz CT molecular complexity index is 480. The Balaban J connectivity index is 2.49. The lowest BCUT2D eigenvalue weighted by molar-refractivity contribution is -0.119. The molecule has 1 aromatic heterocycles. The zero-order valence-electron chi connectivity index (χ0n) is 12.2. The van der Waals surface area contributed by atoms with Crippen molar-refractivity contribution in [3.05, 3.63) is 17.5 Å².